The second-order valence-corrected chi connectivity index (χ2v) is 5.49. The maximum absolute atomic E-state index is 12.1. The van der Waals surface area contributed by atoms with Crippen LogP contribution in [0.1, 0.15) is 17.2 Å². The average Bonchev–Trinajstić information content (AvgIpc) is 2.68. The van der Waals surface area contributed by atoms with E-state index >= 15 is 0 Å². The summed E-state index contributed by atoms with van der Waals surface area (Å²) in [7, 11) is 4.50. The molecule has 2 aromatic rings. The van der Waals surface area contributed by atoms with Crippen LogP contribution in [-0.4, -0.2) is 38.9 Å². The summed E-state index contributed by atoms with van der Waals surface area (Å²) >= 11 is 0. The van der Waals surface area contributed by atoms with Gasteiger partial charge in [0, 0.05) is 19.7 Å². The van der Waals surface area contributed by atoms with Crippen LogP contribution in [-0.2, 0) is 9.53 Å². The van der Waals surface area contributed by atoms with Gasteiger partial charge in [0.15, 0.2) is 11.5 Å². The van der Waals surface area contributed by atoms with Gasteiger partial charge in [0.2, 0.25) is 11.7 Å². The summed E-state index contributed by atoms with van der Waals surface area (Å²) in [5.41, 5.74) is 1.66. The van der Waals surface area contributed by atoms with Crippen LogP contribution in [0.5, 0.6) is 17.2 Å². The second-order valence-electron chi connectivity index (χ2n) is 5.49. The maximum Gasteiger partial charge on any atom is 0.244 e. The van der Waals surface area contributed by atoms with Gasteiger partial charge >= 0.3 is 0 Å². The average molecular weight is 357 g/mol. The number of benzene rings is 2. The largest absolute Gasteiger partial charge is 0.502 e. The van der Waals surface area contributed by atoms with E-state index in [1.807, 2.05) is 30.3 Å². The molecule has 0 fully saturated rings. The predicted molar refractivity (Wildman–Crippen MR) is 99.4 cm³/mol. The molecule has 0 radical (unpaired) electrons. The molecule has 26 heavy (non-hydrogen) atoms. The summed E-state index contributed by atoms with van der Waals surface area (Å²) in [6.45, 7) is 0.353. The summed E-state index contributed by atoms with van der Waals surface area (Å²) < 4.78 is 15.6. The van der Waals surface area contributed by atoms with Crippen LogP contribution in [0, 0.1) is 0 Å². The minimum Gasteiger partial charge on any atom is -0.502 e. The van der Waals surface area contributed by atoms with Gasteiger partial charge in [-0.15, -0.1) is 0 Å². The van der Waals surface area contributed by atoms with E-state index in [2.05, 4.69) is 5.32 Å². The minimum atomic E-state index is -0.256. The van der Waals surface area contributed by atoms with Crippen molar-refractivity contribution in [1.29, 1.82) is 0 Å². The van der Waals surface area contributed by atoms with E-state index in [0.29, 0.717) is 12.1 Å². The number of methoxy groups -OCH3 is 3. The molecule has 0 heterocycles. The Labute approximate surface area is 153 Å². The molecule has 1 atom stereocenters. The predicted octanol–water partition coefficient (Wildman–Crippen LogP) is 2.93. The van der Waals surface area contributed by atoms with Gasteiger partial charge in [-0.1, -0.05) is 30.3 Å². The molecule has 6 heteroatoms. The molecule has 0 saturated carbocycles. The number of aromatic hydroxyl groups is 1. The number of rotatable bonds is 8. The quantitative estimate of drug-likeness (QED) is 0.711. The van der Waals surface area contributed by atoms with Crippen molar-refractivity contribution in [2.45, 2.75) is 6.10 Å². The Kier molecular flexibility index (Phi) is 7.05. The smallest absolute Gasteiger partial charge is 0.244 e. The van der Waals surface area contributed by atoms with Crippen LogP contribution in [0.3, 0.4) is 0 Å². The molecule has 0 spiro atoms. The molecular formula is C20H23NO5. The number of ether oxygens (including phenoxy) is 3. The fraction of sp³-hybridized carbons (Fsp3) is 0.250. The van der Waals surface area contributed by atoms with Crippen molar-refractivity contribution < 1.29 is 24.1 Å². The molecule has 0 aliphatic rings. The van der Waals surface area contributed by atoms with Gasteiger partial charge in [-0.05, 0) is 29.3 Å². The molecule has 0 bridgehead atoms. The Bertz CT molecular complexity index is 733. The van der Waals surface area contributed by atoms with Crippen molar-refractivity contribution in [3.8, 4) is 17.2 Å². The zero-order valence-electron chi connectivity index (χ0n) is 15.1. The number of nitrogens with one attached hydrogen (secondary N) is 1. The number of phenolic OH excluding ortho intramolecular Hbond substituents is 1. The first-order valence-electron chi connectivity index (χ1n) is 8.07. The molecule has 2 rings (SSSR count). The highest BCUT2D eigenvalue weighted by atomic mass is 16.5. The SMILES string of the molecule is COc1cc(/C=C/C(=O)NC[C@@H](OC)c2ccccc2)cc(OC)c1O. The van der Waals surface area contributed by atoms with Gasteiger partial charge in [0.1, 0.15) is 0 Å². The normalized spacial score (nSPS) is 12.0. The third kappa shape index (κ3) is 5.00. The van der Waals surface area contributed by atoms with Gasteiger partial charge in [0.25, 0.3) is 0 Å². The molecule has 6 nitrogen and oxygen atoms in total. The number of carbonyl (C=O) groups is 1. The van der Waals surface area contributed by atoms with Crippen LogP contribution in [0.2, 0.25) is 0 Å². The first-order valence-corrected chi connectivity index (χ1v) is 8.07. The van der Waals surface area contributed by atoms with Crippen molar-refractivity contribution in [3.05, 3.63) is 59.7 Å². The highest BCUT2D eigenvalue weighted by Crippen LogP contribution is 2.37. The number of phenols is 1. The van der Waals surface area contributed by atoms with Gasteiger partial charge in [-0.3, -0.25) is 4.79 Å². The lowest BCUT2D eigenvalue weighted by Crippen LogP contribution is -2.27. The highest BCUT2D eigenvalue weighted by Gasteiger charge is 2.12. The van der Waals surface area contributed by atoms with Crippen LogP contribution in [0.15, 0.2) is 48.5 Å². The molecular weight excluding hydrogens is 334 g/mol. The first-order chi connectivity index (χ1) is 12.6. The molecule has 0 aromatic heterocycles. The maximum atomic E-state index is 12.1. The zero-order chi connectivity index (χ0) is 18.9. The number of hydrogen-bond acceptors (Lipinski definition) is 5. The second kappa shape index (κ2) is 9.48. The summed E-state index contributed by atoms with van der Waals surface area (Å²) in [4.78, 5) is 12.1. The van der Waals surface area contributed by atoms with Crippen molar-refractivity contribution in [3.63, 3.8) is 0 Å². The zero-order valence-corrected chi connectivity index (χ0v) is 15.1. The third-order valence-electron chi connectivity index (χ3n) is 3.85. The van der Waals surface area contributed by atoms with Crippen LogP contribution in [0.25, 0.3) is 6.08 Å². The summed E-state index contributed by atoms with van der Waals surface area (Å²) in [5.74, 6) is 0.206. The van der Waals surface area contributed by atoms with E-state index in [1.165, 1.54) is 20.3 Å². The van der Waals surface area contributed by atoms with E-state index in [-0.39, 0.29) is 29.3 Å². The van der Waals surface area contributed by atoms with E-state index in [9.17, 15) is 9.90 Å². The molecule has 1 amide bonds. The van der Waals surface area contributed by atoms with Gasteiger partial charge < -0.3 is 24.6 Å². The minimum absolute atomic E-state index is 0.0811. The summed E-state index contributed by atoms with van der Waals surface area (Å²) in [5, 5.41) is 12.7. The lowest BCUT2D eigenvalue weighted by atomic mass is 10.1. The van der Waals surface area contributed by atoms with E-state index in [1.54, 1.807) is 25.3 Å². The Morgan fingerprint density at radius 3 is 2.27 bits per heavy atom. The lowest BCUT2D eigenvalue weighted by Gasteiger charge is -2.15. The van der Waals surface area contributed by atoms with Crippen LogP contribution >= 0.6 is 0 Å². The number of carbonyl (C=O) groups excluding carboxylic acids is 1. The molecule has 2 aromatic carbocycles. The molecule has 2 N–H and O–H groups in total. The Hall–Kier alpha value is -2.99. The third-order valence-corrected chi connectivity index (χ3v) is 3.85. The standard InChI is InChI=1S/C20H23NO5/c1-24-16-11-14(12-17(25-2)20(16)23)9-10-19(22)21-13-18(26-3)15-7-5-4-6-8-15/h4-12,18,23H,13H2,1-3H3,(H,21,22)/b10-9+/t18-/m1/s1. The van der Waals surface area contributed by atoms with Gasteiger partial charge in [0.05, 0.1) is 20.3 Å². The van der Waals surface area contributed by atoms with Gasteiger partial charge in [-0.25, -0.2) is 0 Å². The van der Waals surface area contributed by atoms with E-state index in [0.717, 1.165) is 5.56 Å². The van der Waals surface area contributed by atoms with E-state index in [4.69, 9.17) is 14.2 Å². The number of amides is 1. The topological polar surface area (TPSA) is 77.0 Å². The number of hydrogen-bond donors (Lipinski definition) is 2. The molecule has 0 aliphatic carbocycles. The lowest BCUT2D eigenvalue weighted by molar-refractivity contribution is -0.117. The Morgan fingerprint density at radius 2 is 1.73 bits per heavy atom. The Balaban J connectivity index is 2.01. The van der Waals surface area contributed by atoms with Gasteiger partial charge in [-0.2, -0.15) is 0 Å². The highest BCUT2D eigenvalue weighted by molar-refractivity contribution is 5.91. The fourth-order valence-electron chi connectivity index (χ4n) is 2.44. The molecule has 0 saturated heterocycles. The molecule has 0 aliphatic heterocycles. The van der Waals surface area contributed by atoms with E-state index < -0.39 is 0 Å². The van der Waals surface area contributed by atoms with Crippen LogP contribution in [0.4, 0.5) is 0 Å². The first kappa shape index (κ1) is 19.3. The van der Waals surface area contributed by atoms with Crippen molar-refractivity contribution in [2.75, 3.05) is 27.9 Å². The van der Waals surface area contributed by atoms with Crippen LogP contribution < -0.4 is 14.8 Å². The molecule has 138 valence electrons. The monoisotopic (exact) mass is 357 g/mol. The van der Waals surface area contributed by atoms with Crippen molar-refractivity contribution in [1.82, 2.24) is 5.32 Å². The van der Waals surface area contributed by atoms with Crippen molar-refractivity contribution >= 4 is 12.0 Å². The molecule has 0 unspecified atom stereocenters. The Morgan fingerprint density at radius 1 is 1.12 bits per heavy atom. The summed E-state index contributed by atoms with van der Waals surface area (Å²) in [6, 6.07) is 12.9. The summed E-state index contributed by atoms with van der Waals surface area (Å²) in [6.07, 6.45) is 2.80. The van der Waals surface area contributed by atoms with Crippen molar-refractivity contribution in [2.24, 2.45) is 0 Å². The fourth-order valence-corrected chi connectivity index (χ4v) is 2.44.